The number of nitrogens with zero attached hydrogens (tertiary/aromatic N) is 1. The first-order valence-electron chi connectivity index (χ1n) is 6.48. The van der Waals surface area contributed by atoms with E-state index in [2.05, 4.69) is 10.6 Å². The van der Waals surface area contributed by atoms with Crippen LogP contribution in [0.5, 0.6) is 0 Å². The topological polar surface area (TPSA) is 98.7 Å². The summed E-state index contributed by atoms with van der Waals surface area (Å²) in [4.78, 5) is 36.0. The van der Waals surface area contributed by atoms with Gasteiger partial charge in [0.1, 0.15) is 12.1 Å². The third kappa shape index (κ3) is 4.59. The maximum absolute atomic E-state index is 12.0. The summed E-state index contributed by atoms with van der Waals surface area (Å²) in [6.07, 6.45) is 0. The predicted molar refractivity (Wildman–Crippen MR) is 76.4 cm³/mol. The van der Waals surface area contributed by atoms with E-state index in [0.717, 1.165) is 0 Å². The van der Waals surface area contributed by atoms with Gasteiger partial charge in [0.25, 0.3) is 0 Å². The van der Waals surface area contributed by atoms with E-state index in [-0.39, 0.29) is 5.91 Å². The molecule has 1 heterocycles. The molecular weight excluding hydrogens is 282 g/mol. The largest absolute Gasteiger partial charge is 0.480 e. The van der Waals surface area contributed by atoms with Crippen molar-refractivity contribution in [3.05, 3.63) is 0 Å². The van der Waals surface area contributed by atoms with Crippen molar-refractivity contribution in [2.75, 3.05) is 18.2 Å². The van der Waals surface area contributed by atoms with E-state index in [4.69, 9.17) is 5.11 Å². The minimum Gasteiger partial charge on any atom is -0.480 e. The summed E-state index contributed by atoms with van der Waals surface area (Å²) in [7, 11) is 0. The SMILES string of the molecule is CC(C)CNC(=O)C(C)NC(=O)N1CSC[C@H]1C(=O)O. The van der Waals surface area contributed by atoms with Crippen molar-refractivity contribution in [3.8, 4) is 0 Å². The molecule has 8 heteroatoms. The number of urea groups is 1. The summed E-state index contributed by atoms with van der Waals surface area (Å²) in [5.41, 5.74) is 0. The highest BCUT2D eigenvalue weighted by molar-refractivity contribution is 7.99. The number of hydrogen-bond acceptors (Lipinski definition) is 4. The molecule has 20 heavy (non-hydrogen) atoms. The number of nitrogens with one attached hydrogen (secondary N) is 2. The van der Waals surface area contributed by atoms with Gasteiger partial charge in [-0.3, -0.25) is 4.79 Å². The molecule has 114 valence electrons. The molecule has 1 unspecified atom stereocenters. The zero-order valence-electron chi connectivity index (χ0n) is 11.9. The number of carbonyl (C=O) groups excluding carboxylic acids is 2. The molecule has 7 nitrogen and oxygen atoms in total. The van der Waals surface area contributed by atoms with Crippen molar-refractivity contribution in [2.45, 2.75) is 32.9 Å². The van der Waals surface area contributed by atoms with E-state index < -0.39 is 24.1 Å². The van der Waals surface area contributed by atoms with Gasteiger partial charge >= 0.3 is 12.0 Å². The van der Waals surface area contributed by atoms with Crippen molar-refractivity contribution in [1.82, 2.24) is 15.5 Å². The third-order valence-electron chi connectivity index (χ3n) is 2.85. The number of rotatable bonds is 5. The van der Waals surface area contributed by atoms with Crippen LogP contribution in [0.25, 0.3) is 0 Å². The fraction of sp³-hybridized carbons (Fsp3) is 0.750. The molecule has 0 spiro atoms. The lowest BCUT2D eigenvalue weighted by molar-refractivity contribution is -0.140. The standard InChI is InChI=1S/C12H21N3O4S/c1-7(2)4-13-10(16)8(3)14-12(19)15-6-20-5-9(15)11(17)18/h7-9H,4-6H2,1-3H3,(H,13,16)(H,14,19)(H,17,18)/t8?,9-/m0/s1. The van der Waals surface area contributed by atoms with Crippen LogP contribution in [0.3, 0.4) is 0 Å². The number of hydrogen-bond donors (Lipinski definition) is 3. The van der Waals surface area contributed by atoms with Crippen molar-refractivity contribution in [3.63, 3.8) is 0 Å². The highest BCUT2D eigenvalue weighted by atomic mass is 32.2. The summed E-state index contributed by atoms with van der Waals surface area (Å²) in [5.74, 6) is -0.277. The second-order valence-electron chi connectivity index (χ2n) is 5.13. The average molecular weight is 303 g/mol. The average Bonchev–Trinajstić information content (AvgIpc) is 2.84. The summed E-state index contributed by atoms with van der Waals surface area (Å²) in [6.45, 7) is 6.06. The highest BCUT2D eigenvalue weighted by Gasteiger charge is 2.35. The maximum Gasteiger partial charge on any atom is 0.327 e. The van der Waals surface area contributed by atoms with E-state index in [1.165, 1.54) is 16.7 Å². The first kappa shape index (κ1) is 16.6. The molecule has 0 aromatic rings. The Morgan fingerprint density at radius 1 is 1.35 bits per heavy atom. The lowest BCUT2D eigenvalue weighted by Gasteiger charge is -2.23. The fourth-order valence-corrected chi connectivity index (χ4v) is 2.78. The van der Waals surface area contributed by atoms with Crippen molar-refractivity contribution < 1.29 is 19.5 Å². The third-order valence-corrected chi connectivity index (χ3v) is 3.86. The lowest BCUT2D eigenvalue weighted by Crippen LogP contribution is -2.53. The second kappa shape index (κ2) is 7.37. The van der Waals surface area contributed by atoms with Gasteiger partial charge in [-0.1, -0.05) is 13.8 Å². The van der Waals surface area contributed by atoms with Crippen molar-refractivity contribution >= 4 is 29.7 Å². The second-order valence-corrected chi connectivity index (χ2v) is 6.13. The first-order chi connectivity index (χ1) is 9.32. The van der Waals surface area contributed by atoms with Gasteiger partial charge in [-0.05, 0) is 12.8 Å². The van der Waals surface area contributed by atoms with E-state index in [0.29, 0.717) is 24.1 Å². The zero-order valence-corrected chi connectivity index (χ0v) is 12.7. The summed E-state index contributed by atoms with van der Waals surface area (Å²) >= 11 is 1.38. The van der Waals surface area contributed by atoms with Crippen LogP contribution in [0.2, 0.25) is 0 Å². The van der Waals surface area contributed by atoms with Gasteiger partial charge in [-0.15, -0.1) is 11.8 Å². The molecule has 3 N–H and O–H groups in total. The van der Waals surface area contributed by atoms with Crippen LogP contribution in [0.4, 0.5) is 4.79 Å². The van der Waals surface area contributed by atoms with Crippen LogP contribution < -0.4 is 10.6 Å². The molecule has 0 bridgehead atoms. The molecule has 0 aromatic carbocycles. The lowest BCUT2D eigenvalue weighted by atomic mass is 10.2. The van der Waals surface area contributed by atoms with Gasteiger partial charge in [-0.25, -0.2) is 9.59 Å². The fourth-order valence-electron chi connectivity index (χ4n) is 1.64. The number of carboxylic acids is 1. The van der Waals surface area contributed by atoms with Gasteiger partial charge in [0, 0.05) is 12.3 Å². The molecule has 0 radical (unpaired) electrons. The Bertz CT molecular complexity index is 389. The first-order valence-corrected chi connectivity index (χ1v) is 7.63. The Morgan fingerprint density at radius 3 is 2.55 bits per heavy atom. The summed E-state index contributed by atoms with van der Waals surface area (Å²) in [6, 6.07) is -2.04. The molecule has 2 atom stereocenters. The molecule has 0 saturated carbocycles. The smallest absolute Gasteiger partial charge is 0.327 e. The Labute approximate surface area is 122 Å². The molecule has 1 saturated heterocycles. The van der Waals surface area contributed by atoms with Crippen LogP contribution in [0, 0.1) is 5.92 Å². The molecule has 1 aliphatic rings. The van der Waals surface area contributed by atoms with Crippen LogP contribution >= 0.6 is 11.8 Å². The minimum atomic E-state index is -1.03. The van der Waals surface area contributed by atoms with Gasteiger partial charge in [-0.2, -0.15) is 0 Å². The monoisotopic (exact) mass is 303 g/mol. The number of carbonyl (C=O) groups is 3. The van der Waals surface area contributed by atoms with Crippen LogP contribution in [-0.2, 0) is 9.59 Å². The van der Waals surface area contributed by atoms with Gasteiger partial charge in [0.05, 0.1) is 5.88 Å². The Balaban J connectivity index is 2.48. The zero-order chi connectivity index (χ0) is 15.3. The summed E-state index contributed by atoms with van der Waals surface area (Å²) in [5, 5.41) is 14.3. The number of aliphatic carboxylic acids is 1. The number of carboxylic acid groups (broad SMARTS) is 1. The van der Waals surface area contributed by atoms with Crippen LogP contribution in [0.1, 0.15) is 20.8 Å². The van der Waals surface area contributed by atoms with E-state index >= 15 is 0 Å². The quantitative estimate of drug-likeness (QED) is 0.679. The molecular formula is C12H21N3O4S. The van der Waals surface area contributed by atoms with Crippen LogP contribution in [-0.4, -0.2) is 58.2 Å². The normalized spacial score (nSPS) is 19.8. The van der Waals surface area contributed by atoms with Gasteiger partial charge < -0.3 is 20.6 Å². The molecule has 1 fully saturated rings. The predicted octanol–water partition coefficient (Wildman–Crippen LogP) is 0.316. The molecule has 1 rings (SSSR count). The molecule has 0 aliphatic carbocycles. The molecule has 3 amide bonds. The van der Waals surface area contributed by atoms with Gasteiger partial charge in [0.15, 0.2) is 0 Å². The molecule has 1 aliphatic heterocycles. The molecule has 0 aromatic heterocycles. The van der Waals surface area contributed by atoms with Crippen molar-refractivity contribution in [1.29, 1.82) is 0 Å². The van der Waals surface area contributed by atoms with E-state index in [1.807, 2.05) is 13.8 Å². The Hall–Kier alpha value is -1.44. The number of amides is 3. The van der Waals surface area contributed by atoms with Gasteiger partial charge in [0.2, 0.25) is 5.91 Å². The van der Waals surface area contributed by atoms with E-state index in [9.17, 15) is 14.4 Å². The van der Waals surface area contributed by atoms with Crippen molar-refractivity contribution in [2.24, 2.45) is 5.92 Å². The van der Waals surface area contributed by atoms with E-state index in [1.54, 1.807) is 6.92 Å². The van der Waals surface area contributed by atoms with Crippen LogP contribution in [0.15, 0.2) is 0 Å². The maximum atomic E-state index is 12.0. The summed E-state index contributed by atoms with van der Waals surface area (Å²) < 4.78 is 0. The Morgan fingerprint density at radius 2 is 2.00 bits per heavy atom. The Kier molecular flexibility index (Phi) is 6.12. The minimum absolute atomic E-state index is 0.272. The highest BCUT2D eigenvalue weighted by Crippen LogP contribution is 2.20. The number of thioether (sulfide) groups is 1.